The minimum Gasteiger partial charge on any atom is -0.457 e. The van der Waals surface area contributed by atoms with Crippen LogP contribution in [-0.4, -0.2) is 0 Å². The number of nitrogens with zero attached hydrogens (tertiary/aromatic N) is 2. The number of ether oxygens (including phenoxy) is 2. The lowest BCUT2D eigenvalue weighted by atomic mass is 9.67. The van der Waals surface area contributed by atoms with Crippen LogP contribution in [0.3, 0.4) is 0 Å². The summed E-state index contributed by atoms with van der Waals surface area (Å²) in [5.41, 5.74) is 15.2. The van der Waals surface area contributed by atoms with Gasteiger partial charge in [-0.25, -0.2) is 17.6 Å². The summed E-state index contributed by atoms with van der Waals surface area (Å²) in [5.74, 6) is -0.276. The van der Waals surface area contributed by atoms with Gasteiger partial charge in [0.15, 0.2) is 0 Å². The molecule has 4 nitrogen and oxygen atoms in total. The highest BCUT2D eigenvalue weighted by atomic mass is 19.1. The van der Waals surface area contributed by atoms with Gasteiger partial charge >= 0.3 is 0 Å². The van der Waals surface area contributed by atoms with E-state index in [1.54, 1.807) is 22.0 Å². The topological polar surface area (TPSA) is 24.9 Å². The van der Waals surface area contributed by atoms with Gasteiger partial charge in [-0.05, 0) is 244 Å². The molecule has 0 bridgehead atoms. The maximum absolute atomic E-state index is 16.9. The van der Waals surface area contributed by atoms with E-state index in [0.29, 0.717) is 45.7 Å². The number of benzene rings is 16. The molecular weight excluding hydrogens is 1310 g/mol. The van der Waals surface area contributed by atoms with Gasteiger partial charge in [0.2, 0.25) is 0 Å². The molecule has 0 aromatic heterocycles. The lowest BCUT2D eigenvalue weighted by Crippen LogP contribution is -2.29. The summed E-state index contributed by atoms with van der Waals surface area (Å²) in [6.07, 6.45) is 3.59. The average molecular weight is 1380 g/mol. The van der Waals surface area contributed by atoms with Crippen LogP contribution in [0, 0.1) is 23.3 Å². The van der Waals surface area contributed by atoms with Crippen LogP contribution in [-0.2, 0) is 10.8 Å². The van der Waals surface area contributed by atoms with Crippen molar-refractivity contribution < 1.29 is 27.0 Å². The molecule has 2 aliphatic carbocycles. The fourth-order valence-electron chi connectivity index (χ4n) is 16.2. The Hall–Kier alpha value is -13.6. The second-order valence-corrected chi connectivity index (χ2v) is 26.9. The van der Waals surface area contributed by atoms with E-state index in [9.17, 15) is 0 Å². The summed E-state index contributed by atoms with van der Waals surface area (Å²) in [6.45, 7) is 7.80. The molecule has 0 saturated heterocycles. The van der Waals surface area contributed by atoms with E-state index in [-0.39, 0.29) is 11.4 Å². The molecule has 0 spiro atoms. The third-order valence-electron chi connectivity index (χ3n) is 21.1. The van der Waals surface area contributed by atoms with Crippen molar-refractivity contribution in [1.29, 1.82) is 0 Å². The third-order valence-corrected chi connectivity index (χ3v) is 21.1. The molecule has 0 fully saturated rings. The third kappa shape index (κ3) is 10.8. The zero-order valence-corrected chi connectivity index (χ0v) is 57.3. The largest absolute Gasteiger partial charge is 0.457 e. The zero-order chi connectivity index (χ0) is 71.6. The zero-order valence-electron chi connectivity index (χ0n) is 57.3. The molecule has 0 amide bonds. The summed E-state index contributed by atoms with van der Waals surface area (Å²) in [6, 6.07) is 114. The first-order chi connectivity index (χ1) is 52.0. The first kappa shape index (κ1) is 64.5. The van der Waals surface area contributed by atoms with Crippen molar-refractivity contribution >= 4 is 67.8 Å². The van der Waals surface area contributed by atoms with Crippen molar-refractivity contribution in [2.45, 2.75) is 10.8 Å². The molecule has 16 aromatic carbocycles. The molecule has 16 aromatic rings. The monoisotopic (exact) mass is 1380 g/mol. The number of para-hydroxylation sites is 2. The lowest BCUT2D eigenvalue weighted by molar-refractivity contribution is 0.482. The van der Waals surface area contributed by atoms with Crippen LogP contribution >= 0.6 is 0 Å². The van der Waals surface area contributed by atoms with Crippen molar-refractivity contribution in [2.24, 2.45) is 0 Å². The molecule has 0 saturated carbocycles. The highest BCUT2D eigenvalue weighted by Crippen LogP contribution is 2.60. The Balaban J connectivity index is 0.736. The Kier molecular flexibility index (Phi) is 16.0. The van der Waals surface area contributed by atoms with Crippen LogP contribution in [0.5, 0.6) is 23.0 Å². The number of hydrogen-bond acceptors (Lipinski definition) is 4. The maximum atomic E-state index is 16.9. The fraction of sp³-hybridized carbons (Fsp3) is 0.0204. The van der Waals surface area contributed by atoms with Gasteiger partial charge in [0, 0.05) is 22.7 Å². The van der Waals surface area contributed by atoms with Crippen LogP contribution in [0.2, 0.25) is 0 Å². The predicted molar refractivity (Wildman–Crippen MR) is 424 cm³/mol. The Morgan fingerprint density at radius 1 is 0.255 bits per heavy atom. The summed E-state index contributed by atoms with van der Waals surface area (Å²) in [7, 11) is 0. The number of fused-ring (bicyclic) bond motifs is 8. The van der Waals surface area contributed by atoms with Crippen LogP contribution < -0.4 is 19.3 Å². The minimum absolute atomic E-state index is 0.242. The van der Waals surface area contributed by atoms with Gasteiger partial charge in [-0.2, -0.15) is 0 Å². The first-order valence-corrected chi connectivity index (χ1v) is 35.2. The summed E-state index contributed by atoms with van der Waals surface area (Å²) < 4.78 is 80.4. The molecule has 0 radical (unpaired) electrons. The molecule has 18 rings (SSSR count). The number of anilines is 6. The molecule has 2 atom stereocenters. The maximum Gasteiger partial charge on any atom is 0.150 e. The molecule has 506 valence electrons. The van der Waals surface area contributed by atoms with Crippen molar-refractivity contribution in [2.75, 3.05) is 9.80 Å². The van der Waals surface area contributed by atoms with Gasteiger partial charge in [-0.1, -0.05) is 244 Å². The Morgan fingerprint density at radius 2 is 0.566 bits per heavy atom. The highest BCUT2D eigenvalue weighted by molar-refractivity contribution is 5.95. The minimum atomic E-state index is -0.933. The fourth-order valence-corrected chi connectivity index (χ4v) is 16.2. The van der Waals surface area contributed by atoms with Crippen LogP contribution in [0.15, 0.2) is 365 Å². The molecule has 2 aliphatic rings. The molecule has 0 heterocycles. The van der Waals surface area contributed by atoms with Gasteiger partial charge in [0.05, 0.1) is 10.8 Å². The lowest BCUT2D eigenvalue weighted by Gasteiger charge is -2.35. The molecule has 2 unspecified atom stereocenters. The molecule has 0 aliphatic heterocycles. The van der Waals surface area contributed by atoms with Crippen LogP contribution in [0.25, 0.3) is 67.1 Å². The Bertz CT molecular complexity index is 5700. The quantitative estimate of drug-likeness (QED) is 0.0849. The van der Waals surface area contributed by atoms with Gasteiger partial charge in [0.25, 0.3) is 0 Å². The van der Waals surface area contributed by atoms with E-state index < -0.39 is 34.1 Å². The van der Waals surface area contributed by atoms with Gasteiger partial charge in [0.1, 0.15) is 57.6 Å². The smallest absolute Gasteiger partial charge is 0.150 e. The SMILES string of the molecule is C=Cc1ccc(Oc2ccc(C3(c4ccc5ccccc5c4)c4ccccc4-c4ccc(N(c5ccc(-c6ccc(N(c7ccc8c(c7)C(c7ccc(Oc9ccc(C=C)cc9)cc7)(c7ccc9ccccc9c7)c7ccccc7-8)c7c(F)cccc7F)cc6)cc5)c5c(F)cccc5F)cc43)cc2)cc1. The van der Waals surface area contributed by atoms with E-state index in [1.165, 1.54) is 36.4 Å². The summed E-state index contributed by atoms with van der Waals surface area (Å²) in [5, 5.41) is 4.31. The van der Waals surface area contributed by atoms with E-state index >= 15 is 17.6 Å². The van der Waals surface area contributed by atoms with Crippen molar-refractivity contribution in [3.05, 3.63) is 444 Å². The first-order valence-electron chi connectivity index (χ1n) is 35.2. The Morgan fingerprint density at radius 3 is 0.934 bits per heavy atom. The van der Waals surface area contributed by atoms with E-state index in [2.05, 4.69) is 159 Å². The van der Waals surface area contributed by atoms with Crippen LogP contribution in [0.1, 0.15) is 55.6 Å². The molecule has 106 heavy (non-hydrogen) atoms. The second-order valence-electron chi connectivity index (χ2n) is 26.9. The molecule has 8 heteroatoms. The standard InChI is InChI=1S/C98H64F4N2O2/c1-3-63-27-49-79(50-28-63)105-81-53-39-71(40-54-81)97(73-37-31-65-15-5-7-17-69(65)59-73)87-21-11-9-19-83(87)85-57-47-77(61-89(85)97)103(95-91(99)23-13-24-92(95)100)75-43-33-67(34-44-75)68-35-45-76(46-36-68)104(96-93(101)25-14-26-94(96)102)78-48-58-86-84-20-10-12-22-88(84)98(90(86)62-78,74-38-32-66-16-6-8-18-70(66)60-74)72-41-55-82(56-42-72)106-80-51-29-64(4-2)30-52-80/h3-62H,1-2H2. The summed E-state index contributed by atoms with van der Waals surface area (Å²) in [4.78, 5) is 3.30. The second kappa shape index (κ2) is 26.4. The van der Waals surface area contributed by atoms with Crippen molar-refractivity contribution in [3.8, 4) is 56.4 Å². The molecule has 0 N–H and O–H groups in total. The number of hydrogen-bond donors (Lipinski definition) is 0. The van der Waals surface area contributed by atoms with Gasteiger partial charge < -0.3 is 19.3 Å². The molecular formula is C98H64F4N2O2. The Labute approximate surface area is 612 Å². The average Bonchev–Trinajstić information content (AvgIpc) is 1.53. The number of rotatable bonds is 17. The predicted octanol–water partition coefficient (Wildman–Crippen LogP) is 26.8. The van der Waals surface area contributed by atoms with Gasteiger partial charge in [-0.15, -0.1) is 0 Å². The summed E-state index contributed by atoms with van der Waals surface area (Å²) >= 11 is 0. The van der Waals surface area contributed by atoms with Crippen molar-refractivity contribution in [3.63, 3.8) is 0 Å². The van der Waals surface area contributed by atoms with E-state index in [0.717, 1.165) is 111 Å². The van der Waals surface area contributed by atoms with Crippen LogP contribution in [0.4, 0.5) is 51.7 Å². The van der Waals surface area contributed by atoms with E-state index in [4.69, 9.17) is 9.47 Å². The normalized spacial score (nSPS) is 14.6. The van der Waals surface area contributed by atoms with Gasteiger partial charge in [-0.3, -0.25) is 0 Å². The van der Waals surface area contributed by atoms with E-state index in [1.807, 2.05) is 170 Å². The number of halogens is 4. The highest BCUT2D eigenvalue weighted by Gasteiger charge is 2.49. The van der Waals surface area contributed by atoms with Crippen molar-refractivity contribution in [1.82, 2.24) is 0 Å².